The van der Waals surface area contributed by atoms with Crippen molar-refractivity contribution in [2.75, 3.05) is 29.9 Å². The maximum Gasteiger partial charge on any atom is 0.416 e. The van der Waals surface area contributed by atoms with Crippen LogP contribution in [-0.4, -0.2) is 31.4 Å². The molecule has 2 N–H and O–H groups in total. The van der Waals surface area contributed by atoms with Gasteiger partial charge in [0.2, 0.25) is 0 Å². The largest absolute Gasteiger partial charge is 0.416 e. The minimum Gasteiger partial charge on any atom is -0.371 e. The molecule has 0 atom stereocenters. The Bertz CT molecular complexity index is 934. The molecule has 3 rings (SSSR count). The number of carbonyl (C=O) groups is 2. The van der Waals surface area contributed by atoms with Crippen LogP contribution in [0.15, 0.2) is 42.5 Å². The first-order valence-electron chi connectivity index (χ1n) is 10.3. The summed E-state index contributed by atoms with van der Waals surface area (Å²) in [6.45, 7) is 6.26. The lowest BCUT2D eigenvalue weighted by Crippen LogP contribution is -2.30. The van der Waals surface area contributed by atoms with Crippen molar-refractivity contribution < 1.29 is 22.8 Å². The van der Waals surface area contributed by atoms with E-state index >= 15 is 0 Å². The number of anilines is 2. The van der Waals surface area contributed by atoms with Gasteiger partial charge in [0.1, 0.15) is 0 Å². The van der Waals surface area contributed by atoms with E-state index in [9.17, 15) is 22.8 Å². The van der Waals surface area contributed by atoms with Crippen molar-refractivity contribution in [3.8, 4) is 0 Å². The SMILES string of the molecule is CC(C)CNC(=O)c1cc(NC(=O)c2ccc(C(F)(F)F)cc2)ccc1N1CCCC1. The molecule has 0 bridgehead atoms. The van der Waals surface area contributed by atoms with Gasteiger partial charge in [0.15, 0.2) is 0 Å². The van der Waals surface area contributed by atoms with Crippen LogP contribution in [0.3, 0.4) is 0 Å². The van der Waals surface area contributed by atoms with Gasteiger partial charge in [-0.15, -0.1) is 0 Å². The maximum atomic E-state index is 12.8. The van der Waals surface area contributed by atoms with Gasteiger partial charge >= 0.3 is 6.18 Å². The highest BCUT2D eigenvalue weighted by atomic mass is 19.4. The zero-order chi connectivity index (χ0) is 22.6. The number of carbonyl (C=O) groups excluding carboxylic acids is 2. The number of benzene rings is 2. The van der Waals surface area contributed by atoms with Crippen LogP contribution in [0.1, 0.15) is 53.0 Å². The number of nitrogens with zero attached hydrogens (tertiary/aromatic N) is 1. The minimum absolute atomic E-state index is 0.0995. The molecular formula is C23H26F3N3O2. The average Bonchev–Trinajstić information content (AvgIpc) is 3.26. The summed E-state index contributed by atoms with van der Waals surface area (Å²) in [6.07, 6.45) is -2.35. The van der Waals surface area contributed by atoms with Crippen LogP contribution in [0.25, 0.3) is 0 Å². The molecule has 1 aliphatic heterocycles. The fourth-order valence-electron chi connectivity index (χ4n) is 3.44. The first kappa shape index (κ1) is 22.7. The molecule has 2 aromatic carbocycles. The van der Waals surface area contributed by atoms with Gasteiger partial charge in [0, 0.05) is 36.6 Å². The predicted octanol–water partition coefficient (Wildman–Crippen LogP) is 4.94. The molecule has 0 unspecified atom stereocenters. The molecule has 1 aliphatic rings. The smallest absolute Gasteiger partial charge is 0.371 e. The lowest BCUT2D eigenvalue weighted by Gasteiger charge is -2.22. The molecule has 2 amide bonds. The van der Waals surface area contributed by atoms with Crippen LogP contribution in [0.4, 0.5) is 24.5 Å². The molecule has 0 aliphatic carbocycles. The van der Waals surface area contributed by atoms with Crippen LogP contribution < -0.4 is 15.5 Å². The second-order valence-corrected chi connectivity index (χ2v) is 8.06. The first-order valence-corrected chi connectivity index (χ1v) is 10.3. The van der Waals surface area contributed by atoms with E-state index in [1.54, 1.807) is 18.2 Å². The summed E-state index contributed by atoms with van der Waals surface area (Å²) in [5.74, 6) is -0.473. The highest BCUT2D eigenvalue weighted by molar-refractivity contribution is 6.06. The Morgan fingerprint density at radius 2 is 1.65 bits per heavy atom. The van der Waals surface area contributed by atoms with Gasteiger partial charge in [0.05, 0.1) is 11.1 Å². The summed E-state index contributed by atoms with van der Waals surface area (Å²) in [7, 11) is 0. The van der Waals surface area contributed by atoms with Crippen molar-refractivity contribution in [1.29, 1.82) is 0 Å². The number of amides is 2. The Morgan fingerprint density at radius 3 is 2.23 bits per heavy atom. The monoisotopic (exact) mass is 433 g/mol. The van der Waals surface area contributed by atoms with E-state index in [2.05, 4.69) is 15.5 Å². The maximum absolute atomic E-state index is 12.8. The predicted molar refractivity (Wildman–Crippen MR) is 114 cm³/mol. The quantitative estimate of drug-likeness (QED) is 0.678. The molecule has 5 nitrogen and oxygen atoms in total. The van der Waals surface area contributed by atoms with E-state index in [-0.39, 0.29) is 11.5 Å². The van der Waals surface area contributed by atoms with E-state index in [4.69, 9.17) is 0 Å². The van der Waals surface area contributed by atoms with E-state index in [1.165, 1.54) is 0 Å². The summed E-state index contributed by atoms with van der Waals surface area (Å²) >= 11 is 0. The molecule has 166 valence electrons. The summed E-state index contributed by atoms with van der Waals surface area (Å²) in [5.41, 5.74) is 0.965. The topological polar surface area (TPSA) is 61.4 Å². The third-order valence-corrected chi connectivity index (χ3v) is 5.09. The van der Waals surface area contributed by atoms with Crippen molar-refractivity contribution in [3.05, 3.63) is 59.2 Å². The Labute approximate surface area is 179 Å². The third kappa shape index (κ3) is 5.77. The van der Waals surface area contributed by atoms with Gasteiger partial charge in [-0.1, -0.05) is 13.8 Å². The second-order valence-electron chi connectivity index (χ2n) is 8.06. The molecule has 8 heteroatoms. The van der Waals surface area contributed by atoms with Crippen molar-refractivity contribution in [2.45, 2.75) is 32.9 Å². The molecule has 0 aromatic heterocycles. The van der Waals surface area contributed by atoms with Crippen molar-refractivity contribution in [2.24, 2.45) is 5.92 Å². The van der Waals surface area contributed by atoms with Crippen LogP contribution >= 0.6 is 0 Å². The van der Waals surface area contributed by atoms with Crippen molar-refractivity contribution in [1.82, 2.24) is 5.32 Å². The Kier molecular flexibility index (Phi) is 6.87. The van der Waals surface area contributed by atoms with E-state index in [0.29, 0.717) is 23.7 Å². The van der Waals surface area contributed by atoms with Gasteiger partial charge in [-0.3, -0.25) is 9.59 Å². The van der Waals surface area contributed by atoms with Crippen LogP contribution in [0.2, 0.25) is 0 Å². The van der Waals surface area contributed by atoms with Gasteiger partial charge in [-0.25, -0.2) is 0 Å². The van der Waals surface area contributed by atoms with E-state index in [1.807, 2.05) is 13.8 Å². The summed E-state index contributed by atoms with van der Waals surface area (Å²) in [4.78, 5) is 27.5. The van der Waals surface area contributed by atoms with Gasteiger partial charge in [0.25, 0.3) is 11.8 Å². The van der Waals surface area contributed by atoms with Crippen molar-refractivity contribution in [3.63, 3.8) is 0 Å². The first-order chi connectivity index (χ1) is 14.6. The third-order valence-electron chi connectivity index (χ3n) is 5.09. The van der Waals surface area contributed by atoms with Crippen LogP contribution in [0, 0.1) is 5.92 Å². The number of hydrogen-bond donors (Lipinski definition) is 2. The van der Waals surface area contributed by atoms with E-state index in [0.717, 1.165) is 55.9 Å². The molecule has 0 spiro atoms. The second kappa shape index (κ2) is 9.41. The molecule has 0 saturated carbocycles. The van der Waals surface area contributed by atoms with Crippen LogP contribution in [0.5, 0.6) is 0 Å². The lowest BCUT2D eigenvalue weighted by molar-refractivity contribution is -0.137. The zero-order valence-electron chi connectivity index (χ0n) is 17.6. The zero-order valence-corrected chi connectivity index (χ0v) is 17.6. The van der Waals surface area contributed by atoms with E-state index < -0.39 is 17.6 Å². The van der Waals surface area contributed by atoms with Crippen molar-refractivity contribution >= 4 is 23.2 Å². The minimum atomic E-state index is -4.46. The normalized spacial score (nSPS) is 14.1. The van der Waals surface area contributed by atoms with Gasteiger partial charge < -0.3 is 15.5 Å². The molecule has 1 fully saturated rings. The summed E-state index contributed by atoms with van der Waals surface area (Å²) < 4.78 is 38.2. The molecule has 31 heavy (non-hydrogen) atoms. The number of alkyl halides is 3. The number of nitrogens with one attached hydrogen (secondary N) is 2. The average molecular weight is 433 g/mol. The van der Waals surface area contributed by atoms with Gasteiger partial charge in [-0.05, 0) is 61.2 Å². The summed E-state index contributed by atoms with van der Waals surface area (Å²) in [6, 6.07) is 9.13. The Hall–Kier alpha value is -3.03. The highest BCUT2D eigenvalue weighted by Gasteiger charge is 2.30. The molecule has 2 aromatic rings. The number of halogens is 3. The lowest BCUT2D eigenvalue weighted by atomic mass is 10.1. The molecule has 0 radical (unpaired) electrons. The summed E-state index contributed by atoms with van der Waals surface area (Å²) in [5, 5.41) is 5.59. The number of hydrogen-bond acceptors (Lipinski definition) is 3. The van der Waals surface area contributed by atoms with Gasteiger partial charge in [-0.2, -0.15) is 13.2 Å². The fraction of sp³-hybridized carbons (Fsp3) is 0.391. The molecular weight excluding hydrogens is 407 g/mol. The highest BCUT2D eigenvalue weighted by Crippen LogP contribution is 2.30. The fourth-order valence-corrected chi connectivity index (χ4v) is 3.44. The number of rotatable bonds is 6. The standard InChI is InChI=1S/C23H26F3N3O2/c1-15(2)14-27-22(31)19-13-18(9-10-20(19)29-11-3-4-12-29)28-21(30)16-5-7-17(8-6-16)23(24,25)26/h5-10,13,15H,3-4,11-12,14H2,1-2H3,(H,27,31)(H,28,30). The Morgan fingerprint density at radius 1 is 1.00 bits per heavy atom. The Balaban J connectivity index is 1.81. The van der Waals surface area contributed by atoms with Crippen LogP contribution in [-0.2, 0) is 6.18 Å². The molecule has 1 saturated heterocycles. The molecule has 1 heterocycles.